The van der Waals surface area contributed by atoms with Crippen LogP contribution >= 0.6 is 0 Å². The molecule has 3 rings (SSSR count). The summed E-state index contributed by atoms with van der Waals surface area (Å²) in [4.78, 5) is 65.4. The summed E-state index contributed by atoms with van der Waals surface area (Å²) < 4.78 is 0. The summed E-state index contributed by atoms with van der Waals surface area (Å²) in [6.45, 7) is 0.544. The van der Waals surface area contributed by atoms with E-state index < -0.39 is 41.9 Å². The number of carbonyl (C=O) groups is 4. The van der Waals surface area contributed by atoms with Gasteiger partial charge in [0, 0.05) is 30.3 Å². The van der Waals surface area contributed by atoms with Gasteiger partial charge in [-0.05, 0) is 37.1 Å². The third-order valence-corrected chi connectivity index (χ3v) is 5.10. The van der Waals surface area contributed by atoms with E-state index in [1.54, 1.807) is 12.1 Å². The van der Waals surface area contributed by atoms with E-state index in [1.807, 2.05) is 0 Å². The number of nitrogens with two attached hydrogens (primary N) is 1. The van der Waals surface area contributed by atoms with Crippen LogP contribution in [0.25, 0.3) is 0 Å². The van der Waals surface area contributed by atoms with Crippen molar-refractivity contribution in [2.75, 3.05) is 34.4 Å². The number of aromatic amines is 1. The average molecular weight is 494 g/mol. The number of hydrogen-bond acceptors (Lipinski definition) is 11. The van der Waals surface area contributed by atoms with E-state index in [4.69, 9.17) is 5.73 Å². The molecule has 2 atom stereocenters. The number of carboxylic acid groups (broad SMARTS) is 2. The van der Waals surface area contributed by atoms with Gasteiger partial charge in [0.1, 0.15) is 0 Å². The fourth-order valence-electron chi connectivity index (χ4n) is 3.38. The van der Waals surface area contributed by atoms with Crippen LogP contribution in [0.3, 0.4) is 0 Å². The summed E-state index contributed by atoms with van der Waals surface area (Å²) in [5, 5.41) is 29.9. The second-order valence-electron chi connectivity index (χ2n) is 7.41. The molecule has 15 heteroatoms. The van der Waals surface area contributed by atoms with Crippen LogP contribution in [0.2, 0.25) is 0 Å². The van der Waals surface area contributed by atoms with E-state index in [9.17, 15) is 34.2 Å². The first kappa shape index (κ1) is 27.6. The Balaban J connectivity index is 0.00000432. The predicted octanol–water partition coefficient (Wildman–Crippen LogP) is -6.40. The van der Waals surface area contributed by atoms with Gasteiger partial charge in [-0.25, -0.2) is 0 Å². The van der Waals surface area contributed by atoms with Gasteiger partial charge in [0.2, 0.25) is 12.4 Å². The van der Waals surface area contributed by atoms with Gasteiger partial charge in [0.25, 0.3) is 11.5 Å². The van der Waals surface area contributed by atoms with Gasteiger partial charge in [-0.3, -0.25) is 19.4 Å². The molecule has 2 heterocycles. The number of nitrogens with zero attached hydrogens (tertiary/aromatic N) is 2. The molecule has 35 heavy (non-hydrogen) atoms. The summed E-state index contributed by atoms with van der Waals surface area (Å²) >= 11 is 0. The Hall–Kier alpha value is -3.62. The first-order chi connectivity index (χ1) is 16.2. The zero-order chi connectivity index (χ0) is 24.8. The standard InChI is InChI=1S/C20H23N7O7.Na/c21-20-25-16-15(18(32)26-20)27(9-28)12(8-23-16)7-22-11-3-1-10(2-4-11)17(31)24-13(19(33)34)5-6-14(29)30;/h1-4,9,12-13,22H,5-8H2,(H,24,31)(H,29,30)(H,33,34)(H4,21,23,25,26,32);/q;+1/p-2/t12?,13-;/m0./s1. The van der Waals surface area contributed by atoms with Crippen LogP contribution in [0.15, 0.2) is 29.1 Å². The molecule has 1 unspecified atom stereocenters. The molecule has 6 N–H and O–H groups in total. The molecule has 0 fully saturated rings. The number of nitrogens with one attached hydrogen (secondary N) is 4. The molecule has 0 radical (unpaired) electrons. The summed E-state index contributed by atoms with van der Waals surface area (Å²) in [7, 11) is 0. The largest absolute Gasteiger partial charge is 1.00 e. The van der Waals surface area contributed by atoms with Crippen LogP contribution < -0.4 is 71.9 Å². The van der Waals surface area contributed by atoms with Crippen molar-refractivity contribution in [1.82, 2.24) is 15.3 Å². The summed E-state index contributed by atoms with van der Waals surface area (Å²) in [5.41, 5.74) is 5.75. The number of anilines is 4. The molecule has 1 aliphatic rings. The van der Waals surface area contributed by atoms with Crippen molar-refractivity contribution >= 4 is 47.4 Å². The SMILES string of the molecule is Nc1nc2c(c(=O)[nH]1)N(C=O)C(CNc1ccc(C(=O)N[C@@H](CCC(=O)[O-])C(=O)[O-])cc1)CN2.[Na+]. The smallest absolute Gasteiger partial charge is 0.550 e. The zero-order valence-corrected chi connectivity index (χ0v) is 20.7. The quantitative estimate of drug-likeness (QED) is 0.154. The van der Waals surface area contributed by atoms with Crippen LogP contribution in [-0.4, -0.2) is 59.4 Å². The molecule has 0 saturated carbocycles. The number of aliphatic carboxylic acids is 2. The van der Waals surface area contributed by atoms with Crippen molar-refractivity contribution < 1.29 is 58.9 Å². The molecule has 0 saturated heterocycles. The van der Waals surface area contributed by atoms with Gasteiger partial charge in [0.15, 0.2) is 11.5 Å². The zero-order valence-electron chi connectivity index (χ0n) is 18.7. The minimum atomic E-state index is -1.60. The molecule has 180 valence electrons. The van der Waals surface area contributed by atoms with E-state index in [1.165, 1.54) is 17.0 Å². The molecule has 0 aliphatic carbocycles. The van der Waals surface area contributed by atoms with E-state index in [0.717, 1.165) is 0 Å². The predicted molar refractivity (Wildman–Crippen MR) is 116 cm³/mol. The van der Waals surface area contributed by atoms with Crippen molar-refractivity contribution in [3.63, 3.8) is 0 Å². The van der Waals surface area contributed by atoms with Crippen molar-refractivity contribution in [3.8, 4) is 0 Å². The Morgan fingerprint density at radius 2 is 1.94 bits per heavy atom. The van der Waals surface area contributed by atoms with Crippen molar-refractivity contribution in [2.24, 2.45) is 0 Å². The molecule has 2 aromatic rings. The monoisotopic (exact) mass is 494 g/mol. The Kier molecular flexibility index (Phi) is 9.62. The Bertz CT molecular complexity index is 1160. The van der Waals surface area contributed by atoms with Gasteiger partial charge in [-0.2, -0.15) is 4.98 Å². The van der Waals surface area contributed by atoms with Crippen molar-refractivity contribution in [2.45, 2.75) is 24.9 Å². The van der Waals surface area contributed by atoms with Gasteiger partial charge in [-0.15, -0.1) is 0 Å². The first-order valence-corrected chi connectivity index (χ1v) is 10.1. The normalized spacial score (nSPS) is 15.0. The molecule has 1 aromatic carbocycles. The van der Waals surface area contributed by atoms with E-state index >= 15 is 0 Å². The second kappa shape index (κ2) is 12.2. The van der Waals surface area contributed by atoms with E-state index in [-0.39, 0.29) is 65.5 Å². The molecule has 14 nitrogen and oxygen atoms in total. The third-order valence-electron chi connectivity index (χ3n) is 5.10. The van der Waals surface area contributed by atoms with Gasteiger partial charge in [0.05, 0.1) is 18.1 Å². The molecule has 0 bridgehead atoms. The second-order valence-corrected chi connectivity index (χ2v) is 7.41. The summed E-state index contributed by atoms with van der Waals surface area (Å²) in [6, 6.07) is 4.08. The summed E-state index contributed by atoms with van der Waals surface area (Å²) in [6.07, 6.45) is -0.386. The Morgan fingerprint density at radius 3 is 2.54 bits per heavy atom. The number of aromatic nitrogens is 2. The minimum absolute atomic E-state index is 0. The van der Waals surface area contributed by atoms with Crippen LogP contribution in [0, 0.1) is 0 Å². The first-order valence-electron chi connectivity index (χ1n) is 10.1. The maximum atomic E-state index is 12.3. The minimum Gasteiger partial charge on any atom is -0.550 e. The number of amides is 2. The van der Waals surface area contributed by atoms with Crippen molar-refractivity contribution in [1.29, 1.82) is 0 Å². The van der Waals surface area contributed by atoms with Crippen LogP contribution in [0.4, 0.5) is 23.1 Å². The molecule has 1 aliphatic heterocycles. The maximum absolute atomic E-state index is 12.3. The number of fused-ring (bicyclic) bond motifs is 1. The van der Waals surface area contributed by atoms with E-state index in [0.29, 0.717) is 18.6 Å². The number of benzene rings is 1. The fourth-order valence-corrected chi connectivity index (χ4v) is 3.38. The van der Waals surface area contributed by atoms with Gasteiger partial charge >= 0.3 is 29.6 Å². The third kappa shape index (κ3) is 6.94. The molecule has 1 aromatic heterocycles. The number of rotatable bonds is 10. The van der Waals surface area contributed by atoms with Gasteiger partial charge < -0.3 is 46.4 Å². The summed E-state index contributed by atoms with van der Waals surface area (Å²) in [5.74, 6) is -3.63. The van der Waals surface area contributed by atoms with Crippen LogP contribution in [-0.2, 0) is 14.4 Å². The molecule has 0 spiro atoms. The van der Waals surface area contributed by atoms with E-state index in [2.05, 4.69) is 25.9 Å². The van der Waals surface area contributed by atoms with Crippen LogP contribution in [0.1, 0.15) is 23.2 Å². The molecular formula is C20H21N7NaO7-. The fraction of sp³-hybridized carbons (Fsp3) is 0.300. The number of H-pyrrole nitrogens is 1. The molecular weight excluding hydrogens is 473 g/mol. The number of hydrogen-bond donors (Lipinski definition) is 5. The Morgan fingerprint density at radius 1 is 1.26 bits per heavy atom. The topological polar surface area (TPSA) is 225 Å². The van der Waals surface area contributed by atoms with Crippen LogP contribution in [0.5, 0.6) is 0 Å². The van der Waals surface area contributed by atoms with Crippen molar-refractivity contribution in [3.05, 3.63) is 40.2 Å². The Labute approximate surface area is 220 Å². The maximum Gasteiger partial charge on any atom is 1.00 e. The number of carbonyl (C=O) groups excluding carboxylic acids is 4. The molecule has 2 amide bonds. The average Bonchev–Trinajstić information content (AvgIpc) is 2.79. The van der Waals surface area contributed by atoms with Gasteiger partial charge in [-0.1, -0.05) is 0 Å². The number of carboxylic acids is 2. The number of nitrogen functional groups attached to an aromatic ring is 1.